The van der Waals surface area contributed by atoms with E-state index in [2.05, 4.69) is 0 Å². The molecule has 2 aromatic rings. The average molecular weight is 392 g/mol. The van der Waals surface area contributed by atoms with Crippen molar-refractivity contribution in [2.75, 3.05) is 13.7 Å². The van der Waals surface area contributed by atoms with Crippen molar-refractivity contribution in [3.8, 4) is 5.75 Å². The summed E-state index contributed by atoms with van der Waals surface area (Å²) in [6.45, 7) is -0.451. The van der Waals surface area contributed by atoms with Crippen LogP contribution in [-0.4, -0.2) is 58.2 Å². The zero-order valence-electron chi connectivity index (χ0n) is 15.1. The van der Waals surface area contributed by atoms with E-state index < -0.39 is 42.3 Å². The van der Waals surface area contributed by atoms with Crippen LogP contribution in [0.25, 0.3) is 0 Å². The first-order chi connectivity index (χ1) is 13.3. The molecule has 0 spiro atoms. The minimum Gasteiger partial charge on any atom is -0.497 e. The van der Waals surface area contributed by atoms with Gasteiger partial charge in [0.15, 0.2) is 0 Å². The fourth-order valence-electron chi connectivity index (χ4n) is 3.69. The Labute approximate surface area is 160 Å². The van der Waals surface area contributed by atoms with E-state index in [1.807, 2.05) is 0 Å². The standard InChI is InChI=1S/C20H21FO7/c1-26-14-5-2-11(3-6-14)8-12-9-13(4-7-15(12)21)20-18(24)16(22)17(23)19(25,28-20)10-27-20/h2-7,9,16-18,22-25H,8,10H2,1H3/t16-,17-,18-,19-,20?/m0/s1. The summed E-state index contributed by atoms with van der Waals surface area (Å²) >= 11 is 0. The third-order valence-corrected chi connectivity index (χ3v) is 5.32. The number of rotatable bonds is 4. The minimum absolute atomic E-state index is 0.229. The lowest BCUT2D eigenvalue weighted by Crippen LogP contribution is -2.64. The number of fused-ring (bicyclic) bond motifs is 2. The second kappa shape index (κ2) is 6.77. The molecule has 0 aromatic heterocycles. The quantitative estimate of drug-likeness (QED) is 0.597. The molecule has 0 amide bonds. The van der Waals surface area contributed by atoms with E-state index in [0.717, 1.165) is 5.56 Å². The highest BCUT2D eigenvalue weighted by Gasteiger charge is 2.67. The number of halogens is 1. The SMILES string of the molecule is COc1ccc(Cc2cc(C34OC[C@](O)(O3)[C@@H](O)[C@H](O)[C@@H]4O)ccc2F)cc1. The lowest BCUT2D eigenvalue weighted by atomic mass is 9.87. The minimum atomic E-state index is -2.16. The molecule has 2 aromatic carbocycles. The van der Waals surface area contributed by atoms with Gasteiger partial charge in [-0.2, -0.15) is 0 Å². The van der Waals surface area contributed by atoms with Gasteiger partial charge in [-0.15, -0.1) is 0 Å². The summed E-state index contributed by atoms with van der Waals surface area (Å²) in [5.41, 5.74) is 1.37. The smallest absolute Gasteiger partial charge is 0.227 e. The van der Waals surface area contributed by atoms with Gasteiger partial charge >= 0.3 is 0 Å². The summed E-state index contributed by atoms with van der Waals surface area (Å²) in [6.07, 6.45) is -4.86. The highest BCUT2D eigenvalue weighted by molar-refractivity contribution is 5.36. The maximum absolute atomic E-state index is 14.4. The Morgan fingerprint density at radius 3 is 2.50 bits per heavy atom. The third-order valence-electron chi connectivity index (χ3n) is 5.32. The first-order valence-electron chi connectivity index (χ1n) is 8.81. The first kappa shape index (κ1) is 19.3. The molecule has 2 aliphatic heterocycles. The number of ether oxygens (including phenoxy) is 3. The molecule has 28 heavy (non-hydrogen) atoms. The molecule has 8 heteroatoms. The van der Waals surface area contributed by atoms with E-state index in [4.69, 9.17) is 14.2 Å². The molecule has 5 atom stereocenters. The van der Waals surface area contributed by atoms with Gasteiger partial charge in [0.05, 0.1) is 7.11 Å². The maximum atomic E-state index is 14.4. The Morgan fingerprint density at radius 2 is 1.82 bits per heavy atom. The van der Waals surface area contributed by atoms with E-state index in [1.54, 1.807) is 31.4 Å². The number of aliphatic hydroxyl groups is 4. The summed E-state index contributed by atoms with van der Waals surface area (Å²) < 4.78 is 30.5. The molecule has 1 unspecified atom stereocenters. The second-order valence-corrected chi connectivity index (χ2v) is 7.11. The number of benzene rings is 2. The van der Waals surface area contributed by atoms with Gasteiger partial charge in [-0.3, -0.25) is 0 Å². The molecule has 2 fully saturated rings. The first-order valence-corrected chi connectivity index (χ1v) is 8.81. The predicted octanol–water partition coefficient (Wildman–Crippen LogP) is 0.410. The molecule has 4 rings (SSSR count). The molecular weight excluding hydrogens is 371 g/mol. The lowest BCUT2D eigenvalue weighted by Gasteiger charge is -2.44. The van der Waals surface area contributed by atoms with E-state index in [-0.39, 0.29) is 12.0 Å². The highest BCUT2D eigenvalue weighted by atomic mass is 19.1. The van der Waals surface area contributed by atoms with Crippen LogP contribution < -0.4 is 4.74 Å². The van der Waals surface area contributed by atoms with Gasteiger partial charge in [-0.1, -0.05) is 18.2 Å². The Hall–Kier alpha value is -2.07. The summed E-state index contributed by atoms with van der Waals surface area (Å²) in [4.78, 5) is 0. The van der Waals surface area contributed by atoms with Gasteiger partial charge in [-0.25, -0.2) is 4.39 Å². The molecule has 4 N–H and O–H groups in total. The number of aliphatic hydroxyl groups excluding tert-OH is 3. The van der Waals surface area contributed by atoms with Crippen LogP contribution in [0.5, 0.6) is 5.75 Å². The zero-order chi connectivity index (χ0) is 20.1. The fourth-order valence-corrected chi connectivity index (χ4v) is 3.69. The van der Waals surface area contributed by atoms with E-state index in [9.17, 15) is 24.8 Å². The number of hydrogen-bond acceptors (Lipinski definition) is 7. The highest BCUT2D eigenvalue weighted by Crippen LogP contribution is 2.48. The van der Waals surface area contributed by atoms with Crippen LogP contribution in [0.3, 0.4) is 0 Å². The van der Waals surface area contributed by atoms with E-state index in [1.165, 1.54) is 18.2 Å². The van der Waals surface area contributed by atoms with Crippen molar-refractivity contribution in [2.24, 2.45) is 0 Å². The summed E-state index contributed by atoms with van der Waals surface area (Å²) in [5.74, 6) is -3.85. The largest absolute Gasteiger partial charge is 0.497 e. The fraction of sp³-hybridized carbons (Fsp3) is 0.400. The molecule has 7 nitrogen and oxygen atoms in total. The average Bonchev–Trinajstić information content (AvgIpc) is 3.05. The summed E-state index contributed by atoms with van der Waals surface area (Å²) in [6, 6.07) is 11.2. The van der Waals surface area contributed by atoms with Crippen LogP contribution in [0.15, 0.2) is 42.5 Å². The normalized spacial score (nSPS) is 34.4. The molecule has 2 bridgehead atoms. The topological polar surface area (TPSA) is 109 Å². The molecule has 0 saturated carbocycles. The van der Waals surface area contributed by atoms with Crippen molar-refractivity contribution >= 4 is 0 Å². The zero-order valence-corrected chi connectivity index (χ0v) is 15.1. The molecule has 2 aliphatic rings. The van der Waals surface area contributed by atoms with Crippen molar-refractivity contribution in [1.29, 1.82) is 0 Å². The molecule has 150 valence electrons. The van der Waals surface area contributed by atoms with Gasteiger partial charge in [0.25, 0.3) is 0 Å². The van der Waals surface area contributed by atoms with Crippen LogP contribution in [-0.2, 0) is 21.7 Å². The number of methoxy groups -OCH3 is 1. The van der Waals surface area contributed by atoms with Crippen molar-refractivity contribution < 1.29 is 39.0 Å². The lowest BCUT2D eigenvalue weighted by molar-refractivity contribution is -0.369. The van der Waals surface area contributed by atoms with E-state index in [0.29, 0.717) is 11.3 Å². The second-order valence-electron chi connectivity index (χ2n) is 7.11. The van der Waals surface area contributed by atoms with Gasteiger partial charge in [0.1, 0.15) is 36.5 Å². The Morgan fingerprint density at radius 1 is 1.11 bits per heavy atom. The summed E-state index contributed by atoms with van der Waals surface area (Å²) in [5, 5.41) is 40.9. The summed E-state index contributed by atoms with van der Waals surface area (Å²) in [7, 11) is 1.56. The molecular formula is C20H21FO7. The Kier molecular flexibility index (Phi) is 4.65. The van der Waals surface area contributed by atoms with Gasteiger partial charge < -0.3 is 34.6 Å². The molecule has 0 radical (unpaired) electrons. The van der Waals surface area contributed by atoms with Crippen molar-refractivity contribution in [1.82, 2.24) is 0 Å². The van der Waals surface area contributed by atoms with Gasteiger partial charge in [0.2, 0.25) is 11.6 Å². The van der Waals surface area contributed by atoms with Gasteiger partial charge in [0, 0.05) is 12.0 Å². The predicted molar refractivity (Wildman–Crippen MR) is 93.9 cm³/mol. The number of hydrogen-bond donors (Lipinski definition) is 4. The molecule has 2 heterocycles. The van der Waals surface area contributed by atoms with Crippen molar-refractivity contribution in [3.63, 3.8) is 0 Å². The monoisotopic (exact) mass is 392 g/mol. The van der Waals surface area contributed by atoms with Crippen LogP contribution in [0.4, 0.5) is 4.39 Å². The van der Waals surface area contributed by atoms with Crippen molar-refractivity contribution in [2.45, 2.75) is 36.3 Å². The third kappa shape index (κ3) is 2.89. The van der Waals surface area contributed by atoms with Crippen molar-refractivity contribution in [3.05, 3.63) is 65.0 Å². The van der Waals surface area contributed by atoms with Crippen LogP contribution in [0.1, 0.15) is 16.7 Å². The van der Waals surface area contributed by atoms with Crippen LogP contribution in [0.2, 0.25) is 0 Å². The van der Waals surface area contributed by atoms with Crippen LogP contribution >= 0.6 is 0 Å². The Bertz CT molecular complexity index is 873. The van der Waals surface area contributed by atoms with Gasteiger partial charge in [-0.05, 0) is 35.4 Å². The van der Waals surface area contributed by atoms with E-state index >= 15 is 0 Å². The Balaban J connectivity index is 1.68. The maximum Gasteiger partial charge on any atom is 0.227 e. The molecule has 2 saturated heterocycles. The molecule has 0 aliphatic carbocycles. The van der Waals surface area contributed by atoms with Crippen LogP contribution in [0, 0.1) is 5.82 Å².